The summed E-state index contributed by atoms with van der Waals surface area (Å²) in [7, 11) is 0. The summed E-state index contributed by atoms with van der Waals surface area (Å²) in [5, 5.41) is 13.7. The molecule has 1 aromatic heterocycles. The van der Waals surface area contributed by atoms with Gasteiger partial charge in [-0.05, 0) is 24.5 Å². The van der Waals surface area contributed by atoms with Crippen molar-refractivity contribution in [2.24, 2.45) is 0 Å². The van der Waals surface area contributed by atoms with Gasteiger partial charge in [-0.3, -0.25) is 4.68 Å². The average Bonchev–Trinajstić information content (AvgIpc) is 2.84. The lowest BCUT2D eigenvalue weighted by Crippen LogP contribution is -2.07. The highest BCUT2D eigenvalue weighted by Crippen LogP contribution is 2.19. The van der Waals surface area contributed by atoms with E-state index in [-0.39, 0.29) is 12.5 Å². The molecule has 0 aliphatic carbocycles. The van der Waals surface area contributed by atoms with Crippen LogP contribution in [0.2, 0.25) is 0 Å². The normalized spacial score (nSPS) is 12.6. The minimum absolute atomic E-state index is 0.158. The van der Waals surface area contributed by atoms with Crippen LogP contribution in [0.4, 0.5) is 0 Å². The van der Waals surface area contributed by atoms with Gasteiger partial charge in [0, 0.05) is 18.7 Å². The van der Waals surface area contributed by atoms with Gasteiger partial charge in [0.1, 0.15) is 0 Å². The Morgan fingerprint density at radius 3 is 2.65 bits per heavy atom. The van der Waals surface area contributed by atoms with Gasteiger partial charge in [-0.1, -0.05) is 30.3 Å². The number of benzene rings is 1. The lowest BCUT2D eigenvalue weighted by molar-refractivity contribution is 0.264. The molecule has 0 bridgehead atoms. The van der Waals surface area contributed by atoms with E-state index >= 15 is 0 Å². The molecule has 1 unspecified atom stereocenters. The molecule has 0 fully saturated rings. The maximum Gasteiger partial charge on any atom is 0.0521 e. The lowest BCUT2D eigenvalue weighted by Gasteiger charge is -2.13. The Bertz CT molecular complexity index is 450. The molecule has 0 saturated heterocycles. The van der Waals surface area contributed by atoms with E-state index < -0.39 is 0 Å². The predicted octanol–water partition coefficient (Wildman–Crippen LogP) is 2.22. The standard InChI is InChI=1S/C14H18N2O/c1-2-16-10-12(9-15-16)8-14(11-17)13-6-4-3-5-7-13/h3-7,9-10,14,17H,2,8,11H2,1H3. The van der Waals surface area contributed by atoms with Crippen LogP contribution in [0.15, 0.2) is 42.7 Å². The number of hydrogen-bond donors (Lipinski definition) is 1. The van der Waals surface area contributed by atoms with Gasteiger partial charge >= 0.3 is 0 Å². The molecule has 1 atom stereocenters. The van der Waals surface area contributed by atoms with Crippen LogP contribution in [0.5, 0.6) is 0 Å². The Morgan fingerprint density at radius 2 is 2.06 bits per heavy atom. The highest BCUT2D eigenvalue weighted by molar-refractivity contribution is 5.22. The molecule has 0 spiro atoms. The molecule has 17 heavy (non-hydrogen) atoms. The van der Waals surface area contributed by atoms with Crippen molar-refractivity contribution in [3.8, 4) is 0 Å². The van der Waals surface area contributed by atoms with Crippen LogP contribution < -0.4 is 0 Å². The quantitative estimate of drug-likeness (QED) is 0.855. The molecular weight excluding hydrogens is 212 g/mol. The summed E-state index contributed by atoms with van der Waals surface area (Å²) in [6.07, 6.45) is 4.77. The summed E-state index contributed by atoms with van der Waals surface area (Å²) in [5.41, 5.74) is 2.36. The molecule has 1 N–H and O–H groups in total. The molecular formula is C14H18N2O. The van der Waals surface area contributed by atoms with Crippen molar-refractivity contribution in [1.29, 1.82) is 0 Å². The minimum Gasteiger partial charge on any atom is -0.396 e. The molecule has 0 aliphatic heterocycles. The van der Waals surface area contributed by atoms with Gasteiger partial charge in [-0.25, -0.2) is 0 Å². The Hall–Kier alpha value is -1.61. The maximum atomic E-state index is 9.48. The zero-order chi connectivity index (χ0) is 12.1. The fourth-order valence-electron chi connectivity index (χ4n) is 1.98. The highest BCUT2D eigenvalue weighted by atomic mass is 16.3. The first-order valence-electron chi connectivity index (χ1n) is 6.00. The van der Waals surface area contributed by atoms with Gasteiger partial charge in [-0.15, -0.1) is 0 Å². The van der Waals surface area contributed by atoms with Gasteiger partial charge in [0.25, 0.3) is 0 Å². The van der Waals surface area contributed by atoms with E-state index in [0.29, 0.717) is 0 Å². The van der Waals surface area contributed by atoms with Crippen molar-refractivity contribution < 1.29 is 5.11 Å². The third-order valence-corrected chi connectivity index (χ3v) is 2.98. The second-order valence-corrected chi connectivity index (χ2v) is 4.20. The van der Waals surface area contributed by atoms with E-state index in [1.165, 1.54) is 11.1 Å². The Morgan fingerprint density at radius 1 is 1.29 bits per heavy atom. The molecule has 0 radical (unpaired) electrons. The maximum absolute atomic E-state index is 9.48. The molecule has 2 aromatic rings. The molecule has 2 rings (SSSR count). The van der Waals surface area contributed by atoms with E-state index in [2.05, 4.69) is 24.2 Å². The Balaban J connectivity index is 2.10. The van der Waals surface area contributed by atoms with Crippen LogP contribution in [0.1, 0.15) is 24.0 Å². The lowest BCUT2D eigenvalue weighted by atomic mass is 9.94. The first-order chi connectivity index (χ1) is 8.33. The fraction of sp³-hybridized carbons (Fsp3) is 0.357. The number of nitrogens with zero attached hydrogens (tertiary/aromatic N) is 2. The second kappa shape index (κ2) is 5.64. The van der Waals surface area contributed by atoms with E-state index in [4.69, 9.17) is 0 Å². The summed E-state index contributed by atoms with van der Waals surface area (Å²) in [4.78, 5) is 0. The van der Waals surface area contributed by atoms with Crippen molar-refractivity contribution in [1.82, 2.24) is 9.78 Å². The first kappa shape index (κ1) is 11.9. The average molecular weight is 230 g/mol. The first-order valence-corrected chi connectivity index (χ1v) is 6.00. The molecule has 1 heterocycles. The number of rotatable bonds is 5. The van der Waals surface area contributed by atoms with Gasteiger partial charge in [-0.2, -0.15) is 5.10 Å². The molecule has 0 amide bonds. The Kier molecular flexibility index (Phi) is 3.94. The third-order valence-electron chi connectivity index (χ3n) is 2.98. The van der Waals surface area contributed by atoms with Crippen LogP contribution >= 0.6 is 0 Å². The van der Waals surface area contributed by atoms with E-state index in [9.17, 15) is 5.11 Å². The van der Waals surface area contributed by atoms with Crippen LogP contribution in [-0.2, 0) is 13.0 Å². The number of hydrogen-bond acceptors (Lipinski definition) is 2. The minimum atomic E-state index is 0.158. The SMILES string of the molecule is CCn1cc(CC(CO)c2ccccc2)cn1. The molecule has 3 nitrogen and oxygen atoms in total. The topological polar surface area (TPSA) is 38.0 Å². The van der Waals surface area contributed by atoms with Gasteiger partial charge in [0.05, 0.1) is 12.8 Å². The van der Waals surface area contributed by atoms with Crippen LogP contribution in [0, 0.1) is 0 Å². The molecule has 0 aliphatic rings. The summed E-state index contributed by atoms with van der Waals surface area (Å²) in [6, 6.07) is 10.1. The summed E-state index contributed by atoms with van der Waals surface area (Å²) >= 11 is 0. The highest BCUT2D eigenvalue weighted by Gasteiger charge is 2.11. The molecule has 3 heteroatoms. The Labute approximate surface area is 102 Å². The van der Waals surface area contributed by atoms with Crippen molar-refractivity contribution in [3.05, 3.63) is 53.9 Å². The van der Waals surface area contributed by atoms with E-state index in [1.807, 2.05) is 35.3 Å². The predicted molar refractivity (Wildman–Crippen MR) is 67.9 cm³/mol. The van der Waals surface area contributed by atoms with Crippen molar-refractivity contribution in [3.63, 3.8) is 0 Å². The zero-order valence-corrected chi connectivity index (χ0v) is 10.1. The number of aryl methyl sites for hydroxylation is 1. The van der Waals surface area contributed by atoms with Crippen molar-refractivity contribution >= 4 is 0 Å². The molecule has 1 aromatic carbocycles. The van der Waals surface area contributed by atoms with Crippen LogP contribution in [-0.4, -0.2) is 21.5 Å². The van der Waals surface area contributed by atoms with Gasteiger partial charge < -0.3 is 5.11 Å². The zero-order valence-electron chi connectivity index (χ0n) is 10.1. The summed E-state index contributed by atoms with van der Waals surface area (Å²) in [5.74, 6) is 0.158. The number of aliphatic hydroxyl groups excluding tert-OH is 1. The summed E-state index contributed by atoms with van der Waals surface area (Å²) in [6.45, 7) is 3.12. The summed E-state index contributed by atoms with van der Waals surface area (Å²) < 4.78 is 1.91. The van der Waals surface area contributed by atoms with Gasteiger partial charge in [0.2, 0.25) is 0 Å². The second-order valence-electron chi connectivity index (χ2n) is 4.20. The van der Waals surface area contributed by atoms with Crippen LogP contribution in [0.25, 0.3) is 0 Å². The van der Waals surface area contributed by atoms with Crippen LogP contribution in [0.3, 0.4) is 0 Å². The fourth-order valence-corrected chi connectivity index (χ4v) is 1.98. The number of aromatic nitrogens is 2. The van der Waals surface area contributed by atoms with Crippen molar-refractivity contribution in [2.75, 3.05) is 6.61 Å². The monoisotopic (exact) mass is 230 g/mol. The largest absolute Gasteiger partial charge is 0.396 e. The third kappa shape index (κ3) is 2.94. The smallest absolute Gasteiger partial charge is 0.0521 e. The van der Waals surface area contributed by atoms with E-state index in [1.54, 1.807) is 0 Å². The van der Waals surface area contributed by atoms with Crippen molar-refractivity contribution in [2.45, 2.75) is 25.8 Å². The molecule has 90 valence electrons. The number of aliphatic hydroxyl groups is 1. The molecule has 0 saturated carbocycles. The van der Waals surface area contributed by atoms with Gasteiger partial charge in [0.15, 0.2) is 0 Å². The van der Waals surface area contributed by atoms with E-state index in [0.717, 1.165) is 13.0 Å².